The quantitative estimate of drug-likeness (QED) is 0.403. The van der Waals surface area contributed by atoms with Crippen LogP contribution < -0.4 is 4.90 Å². The molecule has 0 aliphatic carbocycles. The number of anilines is 1. The number of carbonyl (C=O) groups is 2. The Hall–Kier alpha value is -2.88. The molecule has 1 amide bonds. The lowest BCUT2D eigenvalue weighted by atomic mass is 9.98. The normalized spacial score (nSPS) is 16.8. The van der Waals surface area contributed by atoms with Crippen LogP contribution in [0.25, 0.3) is 10.2 Å². The van der Waals surface area contributed by atoms with E-state index < -0.39 is 23.5 Å². The van der Waals surface area contributed by atoms with Crippen LogP contribution >= 0.6 is 34.0 Å². The molecule has 1 aromatic carbocycles. The van der Waals surface area contributed by atoms with Crippen molar-refractivity contribution in [3.05, 3.63) is 79.6 Å². The first kappa shape index (κ1) is 19.1. The SMILES string of the molecule is Cc1ccc(C(=O)C2=C(O)C(=O)N(c3nc4ccc(F)cc4s3)C2c2ccsc2)s1. The number of Topliss-reactive ketones (excluding diaryl/α,β-unsaturated/α-hetero) is 1. The molecule has 0 saturated heterocycles. The van der Waals surface area contributed by atoms with Gasteiger partial charge in [0.2, 0.25) is 5.78 Å². The van der Waals surface area contributed by atoms with E-state index in [4.69, 9.17) is 0 Å². The minimum absolute atomic E-state index is 0.0330. The van der Waals surface area contributed by atoms with Crippen LogP contribution in [0.1, 0.15) is 26.2 Å². The Morgan fingerprint density at radius 1 is 1.20 bits per heavy atom. The highest BCUT2D eigenvalue weighted by atomic mass is 32.1. The fourth-order valence-electron chi connectivity index (χ4n) is 3.46. The molecule has 1 aliphatic rings. The number of ketones is 1. The van der Waals surface area contributed by atoms with Crippen molar-refractivity contribution in [1.82, 2.24) is 4.98 Å². The summed E-state index contributed by atoms with van der Waals surface area (Å²) in [6.07, 6.45) is 0. The second kappa shape index (κ2) is 7.12. The highest BCUT2D eigenvalue weighted by Gasteiger charge is 2.46. The number of hydrogen-bond donors (Lipinski definition) is 1. The Bertz CT molecular complexity index is 1340. The molecular weight excluding hydrogens is 443 g/mol. The molecule has 9 heteroatoms. The summed E-state index contributed by atoms with van der Waals surface area (Å²) in [6.45, 7) is 1.89. The first-order valence-electron chi connectivity index (χ1n) is 8.90. The van der Waals surface area contributed by atoms with Crippen LogP contribution in [0, 0.1) is 12.7 Å². The van der Waals surface area contributed by atoms with Crippen molar-refractivity contribution in [2.24, 2.45) is 0 Å². The maximum absolute atomic E-state index is 13.6. The van der Waals surface area contributed by atoms with E-state index in [0.717, 1.165) is 16.2 Å². The number of thiophene rings is 2. The zero-order chi connectivity index (χ0) is 21.0. The van der Waals surface area contributed by atoms with Gasteiger partial charge in [-0.25, -0.2) is 9.37 Å². The third kappa shape index (κ3) is 2.97. The number of aromatic nitrogens is 1. The first-order chi connectivity index (χ1) is 14.4. The van der Waals surface area contributed by atoms with E-state index in [1.807, 2.05) is 29.8 Å². The summed E-state index contributed by atoms with van der Waals surface area (Å²) >= 11 is 3.88. The molecule has 0 spiro atoms. The van der Waals surface area contributed by atoms with Gasteiger partial charge in [-0.2, -0.15) is 11.3 Å². The molecule has 5 nitrogen and oxygen atoms in total. The third-order valence-corrected chi connectivity index (χ3v) is 7.54. The van der Waals surface area contributed by atoms with Gasteiger partial charge in [-0.05, 0) is 59.6 Å². The summed E-state index contributed by atoms with van der Waals surface area (Å²) in [5.41, 5.74) is 1.28. The number of benzene rings is 1. The van der Waals surface area contributed by atoms with Crippen LogP contribution in [0.3, 0.4) is 0 Å². The van der Waals surface area contributed by atoms with E-state index >= 15 is 0 Å². The maximum Gasteiger partial charge on any atom is 0.296 e. The molecule has 30 heavy (non-hydrogen) atoms. The van der Waals surface area contributed by atoms with Gasteiger partial charge in [-0.15, -0.1) is 11.3 Å². The van der Waals surface area contributed by atoms with E-state index in [9.17, 15) is 19.1 Å². The van der Waals surface area contributed by atoms with Crippen LogP contribution in [0.2, 0.25) is 0 Å². The van der Waals surface area contributed by atoms with Gasteiger partial charge in [-0.3, -0.25) is 14.5 Å². The van der Waals surface area contributed by atoms with Gasteiger partial charge < -0.3 is 5.11 Å². The van der Waals surface area contributed by atoms with Crippen LogP contribution in [0.4, 0.5) is 9.52 Å². The fourth-order valence-corrected chi connectivity index (χ4v) is 5.98. The number of rotatable bonds is 4. The summed E-state index contributed by atoms with van der Waals surface area (Å²) in [5.74, 6) is -2.05. The molecular formula is C21H13FN2O3S3. The van der Waals surface area contributed by atoms with Gasteiger partial charge in [0.1, 0.15) is 5.82 Å². The second-order valence-corrected chi connectivity index (χ2v) is 9.82. The van der Waals surface area contributed by atoms with Gasteiger partial charge in [-0.1, -0.05) is 11.3 Å². The first-order valence-corrected chi connectivity index (χ1v) is 11.5. The van der Waals surface area contributed by atoms with Crippen LogP contribution in [-0.4, -0.2) is 21.8 Å². The fraction of sp³-hybridized carbons (Fsp3) is 0.0952. The minimum atomic E-state index is -0.802. The molecule has 3 aromatic heterocycles. The van der Waals surface area contributed by atoms with Crippen LogP contribution in [0.15, 0.2) is 58.5 Å². The number of aliphatic hydroxyl groups is 1. The Kier molecular flexibility index (Phi) is 4.53. The average Bonchev–Trinajstić information content (AvgIpc) is 3.49. The minimum Gasteiger partial charge on any atom is -0.503 e. The van der Waals surface area contributed by atoms with Gasteiger partial charge in [0.05, 0.1) is 26.7 Å². The van der Waals surface area contributed by atoms with E-state index in [1.54, 1.807) is 12.1 Å². The lowest BCUT2D eigenvalue weighted by Gasteiger charge is -2.23. The maximum atomic E-state index is 13.6. The molecule has 1 aliphatic heterocycles. The topological polar surface area (TPSA) is 70.5 Å². The average molecular weight is 457 g/mol. The number of thiazole rings is 1. The number of aryl methyl sites for hydroxylation is 1. The molecule has 1 atom stereocenters. The number of amides is 1. The van der Waals surface area contributed by atoms with Crippen molar-refractivity contribution in [3.8, 4) is 0 Å². The summed E-state index contributed by atoms with van der Waals surface area (Å²) in [6, 6.07) is 8.73. The Morgan fingerprint density at radius 3 is 2.73 bits per heavy atom. The van der Waals surface area contributed by atoms with E-state index in [0.29, 0.717) is 25.8 Å². The monoisotopic (exact) mass is 456 g/mol. The van der Waals surface area contributed by atoms with Gasteiger partial charge in [0, 0.05) is 4.88 Å². The van der Waals surface area contributed by atoms with E-state index in [1.165, 1.54) is 39.7 Å². The zero-order valence-electron chi connectivity index (χ0n) is 15.5. The largest absolute Gasteiger partial charge is 0.503 e. The number of halogens is 1. The van der Waals surface area contributed by atoms with Crippen molar-refractivity contribution in [1.29, 1.82) is 0 Å². The Balaban J connectivity index is 1.66. The smallest absolute Gasteiger partial charge is 0.296 e. The summed E-state index contributed by atoms with van der Waals surface area (Å²) < 4.78 is 14.2. The van der Waals surface area contributed by atoms with Crippen LogP contribution in [0.5, 0.6) is 0 Å². The van der Waals surface area contributed by atoms with Crippen molar-refractivity contribution in [2.45, 2.75) is 13.0 Å². The lowest BCUT2D eigenvalue weighted by Crippen LogP contribution is -2.30. The zero-order valence-corrected chi connectivity index (χ0v) is 17.9. The summed E-state index contributed by atoms with van der Waals surface area (Å²) in [7, 11) is 0. The molecule has 0 saturated carbocycles. The molecule has 0 bridgehead atoms. The second-order valence-electron chi connectivity index (χ2n) is 6.74. The van der Waals surface area contributed by atoms with Crippen molar-refractivity contribution in [2.75, 3.05) is 4.90 Å². The molecule has 1 unspecified atom stereocenters. The number of carbonyl (C=O) groups excluding carboxylic acids is 2. The lowest BCUT2D eigenvalue weighted by molar-refractivity contribution is -0.117. The predicted molar refractivity (Wildman–Crippen MR) is 117 cm³/mol. The van der Waals surface area contributed by atoms with Crippen molar-refractivity contribution >= 4 is 61.0 Å². The predicted octanol–water partition coefficient (Wildman–Crippen LogP) is 5.65. The number of aliphatic hydroxyl groups excluding tert-OH is 1. The number of nitrogens with zero attached hydrogens (tertiary/aromatic N) is 2. The third-order valence-electron chi connectivity index (χ3n) is 4.82. The van der Waals surface area contributed by atoms with Gasteiger partial charge in [0.15, 0.2) is 10.9 Å². The van der Waals surface area contributed by atoms with Gasteiger partial charge >= 0.3 is 0 Å². The van der Waals surface area contributed by atoms with E-state index in [2.05, 4.69) is 4.98 Å². The number of hydrogen-bond acceptors (Lipinski definition) is 7. The molecule has 4 aromatic rings. The molecule has 150 valence electrons. The Labute approximate surface area is 182 Å². The molecule has 5 rings (SSSR count). The molecule has 1 N–H and O–H groups in total. The molecule has 4 heterocycles. The van der Waals surface area contributed by atoms with Crippen LogP contribution in [-0.2, 0) is 4.79 Å². The summed E-state index contributed by atoms with van der Waals surface area (Å²) in [5, 5.41) is 14.7. The highest BCUT2D eigenvalue weighted by molar-refractivity contribution is 7.22. The molecule has 0 fully saturated rings. The number of fused-ring (bicyclic) bond motifs is 1. The highest BCUT2D eigenvalue weighted by Crippen LogP contribution is 2.45. The molecule has 0 radical (unpaired) electrons. The van der Waals surface area contributed by atoms with Crippen molar-refractivity contribution in [3.63, 3.8) is 0 Å². The van der Waals surface area contributed by atoms with E-state index in [-0.39, 0.29) is 11.4 Å². The Morgan fingerprint density at radius 2 is 2.03 bits per heavy atom. The van der Waals surface area contributed by atoms with Crippen molar-refractivity contribution < 1.29 is 19.1 Å². The summed E-state index contributed by atoms with van der Waals surface area (Å²) in [4.78, 5) is 33.5. The standard InChI is InChI=1S/C21H13FN2O3S3/c1-10-2-5-14(29-10)18(25)16-17(11-6-7-28-9-11)24(20(27)19(16)26)21-23-13-4-3-12(22)8-15(13)30-21/h2-9,17,26H,1H3. The van der Waals surface area contributed by atoms with Gasteiger partial charge in [0.25, 0.3) is 5.91 Å².